The first-order chi connectivity index (χ1) is 27.6. The van der Waals surface area contributed by atoms with Gasteiger partial charge in [-0.3, -0.25) is 4.57 Å². The highest BCUT2D eigenvalue weighted by Crippen LogP contribution is 2.41. The van der Waals surface area contributed by atoms with Crippen molar-refractivity contribution < 1.29 is 32.7 Å². The maximum absolute atomic E-state index is 13.0. The molecule has 3 aromatic carbocycles. The van der Waals surface area contributed by atoms with Crippen LogP contribution in [0.4, 0.5) is 22.2 Å². The number of aromatic nitrogens is 5. The van der Waals surface area contributed by atoms with Crippen molar-refractivity contribution in [3.63, 3.8) is 0 Å². The molecule has 2 saturated heterocycles. The first-order valence-electron chi connectivity index (χ1n) is 18.6. The number of aliphatic hydroxyl groups is 2. The summed E-state index contributed by atoms with van der Waals surface area (Å²) in [6.45, 7) is 3.28. The summed E-state index contributed by atoms with van der Waals surface area (Å²) in [6, 6.07) is 26.8. The van der Waals surface area contributed by atoms with E-state index in [0.717, 1.165) is 11.1 Å². The number of nitrogens with zero attached hydrogens (tertiary/aromatic N) is 6. The number of sulfonamides is 1. The number of carbonyl (C=O) groups excluding carboxylic acids is 1. The smallest absolute Gasteiger partial charge is 0.319 e. The molecule has 0 aliphatic carbocycles. The number of hydrogen-bond donors (Lipinski definition) is 6. The van der Waals surface area contributed by atoms with Crippen molar-refractivity contribution in [2.24, 2.45) is 5.14 Å². The highest BCUT2D eigenvalue weighted by molar-refractivity contribution is 7.89. The van der Waals surface area contributed by atoms with Crippen LogP contribution in [-0.2, 0) is 21.2 Å². The quantitative estimate of drug-likeness (QED) is 0.104. The Labute approximate surface area is 327 Å². The van der Waals surface area contributed by atoms with E-state index in [1.807, 2.05) is 48.2 Å². The average Bonchev–Trinajstić information content (AvgIpc) is 4.03. The zero-order valence-corrected chi connectivity index (χ0v) is 31.7. The van der Waals surface area contributed by atoms with Gasteiger partial charge in [-0.25, -0.2) is 23.3 Å². The summed E-state index contributed by atoms with van der Waals surface area (Å²) in [7, 11) is -3.87. The molecule has 17 nitrogen and oxygen atoms in total. The Kier molecular flexibility index (Phi) is 10.6. The number of hydrogen-bond acceptors (Lipinski definition) is 13. The van der Waals surface area contributed by atoms with Gasteiger partial charge in [0.05, 0.1) is 16.9 Å². The van der Waals surface area contributed by atoms with Crippen molar-refractivity contribution in [3.8, 4) is 0 Å². The molecule has 5 heterocycles. The average molecular weight is 795 g/mol. The number of urea groups is 1. The molecule has 7 N–H and O–H groups in total. The number of imidazole rings is 1. The Morgan fingerprint density at radius 1 is 0.982 bits per heavy atom. The predicted octanol–water partition coefficient (Wildman–Crippen LogP) is 3.66. The van der Waals surface area contributed by atoms with Crippen LogP contribution in [0.2, 0.25) is 0 Å². The molecule has 5 unspecified atom stereocenters. The largest absolute Gasteiger partial charge is 0.387 e. The summed E-state index contributed by atoms with van der Waals surface area (Å²) in [5.41, 5.74) is 4.11. The Balaban J connectivity index is 1.07. The number of benzene rings is 3. The first-order valence-corrected chi connectivity index (χ1v) is 20.1. The Bertz CT molecular complexity index is 2410. The molecule has 18 heteroatoms. The number of primary sulfonamides is 1. The van der Waals surface area contributed by atoms with Gasteiger partial charge in [0.1, 0.15) is 18.3 Å². The van der Waals surface area contributed by atoms with Crippen LogP contribution in [0.3, 0.4) is 0 Å². The van der Waals surface area contributed by atoms with E-state index in [-0.39, 0.29) is 16.9 Å². The number of carbonyl (C=O) groups is 1. The number of aryl methyl sites for hydroxylation is 1. The lowest BCUT2D eigenvalue weighted by molar-refractivity contribution is -0.0434. The lowest BCUT2D eigenvalue weighted by atomic mass is 9.91. The Morgan fingerprint density at radius 2 is 1.68 bits per heavy atom. The topological polar surface area (TPSA) is 236 Å². The monoisotopic (exact) mass is 794 g/mol. The van der Waals surface area contributed by atoms with Gasteiger partial charge in [0.2, 0.25) is 16.0 Å². The van der Waals surface area contributed by atoms with E-state index < -0.39 is 40.6 Å². The summed E-state index contributed by atoms with van der Waals surface area (Å²) < 4.78 is 36.5. The molecular weight excluding hydrogens is 753 g/mol. The van der Waals surface area contributed by atoms with Gasteiger partial charge >= 0.3 is 6.03 Å². The SMILES string of the molecule is CCc1cc(C2OC(n3cnc4c(NCC(c5ccccc5)c5ccccc5)nc(N5CCC(NC(=O)Nc6ccc(S(N)(=O)=O)cc6)C5)nc43)C(O)C2O)on1. The van der Waals surface area contributed by atoms with Crippen LogP contribution in [0.1, 0.15) is 54.2 Å². The number of nitrogens with two attached hydrogens (primary N) is 1. The number of ether oxygens (including phenoxy) is 1. The fraction of sp³-hybridized carbons (Fsp3) is 0.308. The van der Waals surface area contributed by atoms with Crippen molar-refractivity contribution in [1.82, 2.24) is 30.0 Å². The Hall–Kier alpha value is -5.92. The van der Waals surface area contributed by atoms with Crippen molar-refractivity contribution in [2.45, 2.75) is 61.2 Å². The van der Waals surface area contributed by atoms with E-state index in [0.29, 0.717) is 72.5 Å². The van der Waals surface area contributed by atoms with E-state index in [1.54, 1.807) is 10.6 Å². The lowest BCUT2D eigenvalue weighted by Gasteiger charge is -2.22. The van der Waals surface area contributed by atoms with E-state index in [9.17, 15) is 23.4 Å². The van der Waals surface area contributed by atoms with Gasteiger partial charge in [0.25, 0.3) is 0 Å². The fourth-order valence-corrected chi connectivity index (χ4v) is 7.76. The number of nitrogens with one attached hydrogen (secondary N) is 3. The molecule has 2 fully saturated rings. The molecule has 296 valence electrons. The zero-order chi connectivity index (χ0) is 39.7. The van der Waals surface area contributed by atoms with Crippen LogP contribution in [0.5, 0.6) is 0 Å². The predicted molar refractivity (Wildman–Crippen MR) is 210 cm³/mol. The van der Waals surface area contributed by atoms with E-state index in [1.165, 1.54) is 30.6 Å². The normalized spacial score (nSPS) is 21.0. The third kappa shape index (κ3) is 8.03. The van der Waals surface area contributed by atoms with Gasteiger partial charge < -0.3 is 40.3 Å². The molecule has 6 aromatic rings. The van der Waals surface area contributed by atoms with Crippen molar-refractivity contribution in [1.29, 1.82) is 0 Å². The second-order valence-electron chi connectivity index (χ2n) is 14.1. The summed E-state index contributed by atoms with van der Waals surface area (Å²) in [4.78, 5) is 29.4. The molecule has 5 atom stereocenters. The van der Waals surface area contributed by atoms with Crippen LogP contribution in [-0.4, -0.2) is 87.2 Å². The van der Waals surface area contributed by atoms with Gasteiger partial charge in [-0.15, -0.1) is 0 Å². The summed E-state index contributed by atoms with van der Waals surface area (Å²) in [6.07, 6.45) is -2.00. The van der Waals surface area contributed by atoms with Crippen LogP contribution >= 0.6 is 0 Å². The molecular formula is C39H42N10O7S. The molecule has 0 radical (unpaired) electrons. The van der Waals surface area contributed by atoms with Gasteiger partial charge in [-0.1, -0.05) is 72.7 Å². The highest BCUT2D eigenvalue weighted by Gasteiger charge is 2.47. The summed E-state index contributed by atoms with van der Waals surface area (Å²) in [5.74, 6) is 1.08. The van der Waals surface area contributed by atoms with E-state index >= 15 is 0 Å². The number of amides is 2. The summed E-state index contributed by atoms with van der Waals surface area (Å²) >= 11 is 0. The number of aliphatic hydroxyl groups excluding tert-OH is 2. The second-order valence-corrected chi connectivity index (χ2v) is 15.6. The van der Waals surface area contributed by atoms with Crippen LogP contribution in [0.25, 0.3) is 11.2 Å². The maximum Gasteiger partial charge on any atom is 0.319 e. The third-order valence-electron chi connectivity index (χ3n) is 10.3. The highest BCUT2D eigenvalue weighted by atomic mass is 32.2. The van der Waals surface area contributed by atoms with Gasteiger partial charge in [-0.05, 0) is 48.2 Å². The molecule has 57 heavy (non-hydrogen) atoms. The number of anilines is 3. The van der Waals surface area contributed by atoms with Crippen LogP contribution in [0, 0.1) is 0 Å². The molecule has 8 rings (SSSR count). The zero-order valence-electron chi connectivity index (χ0n) is 30.8. The van der Waals surface area contributed by atoms with Gasteiger partial charge in [0.15, 0.2) is 29.0 Å². The molecule has 3 aromatic heterocycles. The van der Waals surface area contributed by atoms with Crippen LogP contribution < -0.4 is 26.0 Å². The molecule has 0 spiro atoms. The van der Waals surface area contributed by atoms with E-state index in [4.69, 9.17) is 24.4 Å². The molecule has 2 aliphatic heterocycles. The standard InChI is InChI=1S/C39H42N10O7S/c1-2-25-19-30(56-47-25)34-32(50)33(51)37(55-34)49-22-42-31-35(41-20-29(23-9-5-3-6-10-23)24-11-7-4-8-12-24)45-38(46-36(31)49)48-18-17-27(21-48)44-39(52)43-26-13-15-28(16-14-26)57(40,53)54/h3-16,19,22,27,29,32-34,37,50-51H,2,17-18,20-21H2,1H3,(H2,40,53,54)(H,41,45,46)(H2,43,44,52). The van der Waals surface area contributed by atoms with Gasteiger partial charge in [-0.2, -0.15) is 9.97 Å². The molecule has 2 aliphatic rings. The minimum atomic E-state index is -3.87. The molecule has 0 saturated carbocycles. The lowest BCUT2D eigenvalue weighted by Crippen LogP contribution is -2.40. The minimum absolute atomic E-state index is 0.0384. The summed E-state index contributed by atoms with van der Waals surface area (Å²) in [5, 5.41) is 40.9. The van der Waals surface area contributed by atoms with Crippen molar-refractivity contribution in [3.05, 3.63) is 120 Å². The first kappa shape index (κ1) is 38.0. The molecule has 2 amide bonds. The van der Waals surface area contributed by atoms with Crippen molar-refractivity contribution in [2.75, 3.05) is 35.2 Å². The van der Waals surface area contributed by atoms with Gasteiger partial charge in [0, 0.05) is 43.3 Å². The fourth-order valence-electron chi connectivity index (χ4n) is 7.25. The number of fused-ring (bicyclic) bond motifs is 1. The number of rotatable bonds is 12. The molecule has 0 bridgehead atoms. The van der Waals surface area contributed by atoms with E-state index in [2.05, 4.69) is 50.4 Å². The second kappa shape index (κ2) is 15.9. The maximum atomic E-state index is 13.0. The van der Waals surface area contributed by atoms with Crippen molar-refractivity contribution >= 4 is 44.7 Å². The van der Waals surface area contributed by atoms with Crippen LogP contribution in [0.15, 0.2) is 107 Å². The minimum Gasteiger partial charge on any atom is -0.387 e. The Morgan fingerprint density at radius 3 is 2.33 bits per heavy atom. The third-order valence-corrected chi connectivity index (χ3v) is 11.2.